The maximum Gasteiger partial charge on any atom is 0.295 e. The molecule has 7 heteroatoms. The first kappa shape index (κ1) is 20.6. The van der Waals surface area contributed by atoms with E-state index in [9.17, 15) is 14.7 Å². The van der Waals surface area contributed by atoms with Gasteiger partial charge in [-0.15, -0.1) is 0 Å². The first-order valence-electron chi connectivity index (χ1n) is 9.57. The van der Waals surface area contributed by atoms with E-state index in [1.54, 1.807) is 73.1 Å². The summed E-state index contributed by atoms with van der Waals surface area (Å²) in [7, 11) is 1.51. The van der Waals surface area contributed by atoms with Crippen LogP contribution in [0.3, 0.4) is 0 Å². The lowest BCUT2D eigenvalue weighted by atomic mass is 9.95. The van der Waals surface area contributed by atoms with Crippen molar-refractivity contribution < 1.29 is 19.4 Å². The van der Waals surface area contributed by atoms with E-state index in [2.05, 4.69) is 4.98 Å². The molecule has 2 heterocycles. The quantitative estimate of drug-likeness (QED) is 0.366. The largest absolute Gasteiger partial charge is 0.507 e. The second-order valence-corrected chi connectivity index (χ2v) is 7.51. The smallest absolute Gasteiger partial charge is 0.295 e. The van der Waals surface area contributed by atoms with Crippen LogP contribution in [0.15, 0.2) is 78.6 Å². The lowest BCUT2D eigenvalue weighted by Crippen LogP contribution is -2.29. The van der Waals surface area contributed by atoms with Gasteiger partial charge in [0.15, 0.2) is 0 Å². The maximum atomic E-state index is 13.1. The number of methoxy groups -OCH3 is 1. The number of aromatic nitrogens is 1. The number of amides is 1. The minimum Gasteiger partial charge on any atom is -0.507 e. The van der Waals surface area contributed by atoms with Crippen molar-refractivity contribution in [2.45, 2.75) is 12.6 Å². The number of halogens is 1. The van der Waals surface area contributed by atoms with Gasteiger partial charge in [-0.25, -0.2) is 0 Å². The van der Waals surface area contributed by atoms with Crippen molar-refractivity contribution >= 4 is 29.1 Å². The standard InChI is InChI=1S/C24H19ClN2O4/c1-31-19-7-3-5-17(13-19)22(28)20-21(16-4-2-6-18(25)12-16)27(24(30)23(20)29)14-15-8-10-26-11-9-15/h2-13,21,28H,14H2,1H3/b22-20+. The average molecular weight is 435 g/mol. The molecule has 6 nitrogen and oxygen atoms in total. The van der Waals surface area contributed by atoms with Crippen LogP contribution in [0.1, 0.15) is 22.7 Å². The second-order valence-electron chi connectivity index (χ2n) is 7.07. The number of ether oxygens (including phenoxy) is 1. The highest BCUT2D eigenvalue weighted by Gasteiger charge is 2.46. The van der Waals surface area contributed by atoms with Crippen molar-refractivity contribution in [2.75, 3.05) is 7.11 Å². The van der Waals surface area contributed by atoms with Crippen LogP contribution in [-0.2, 0) is 16.1 Å². The molecule has 2 aromatic carbocycles. The minimum atomic E-state index is -0.793. The first-order valence-corrected chi connectivity index (χ1v) is 9.94. The van der Waals surface area contributed by atoms with Gasteiger partial charge in [0.2, 0.25) is 0 Å². The summed E-state index contributed by atoms with van der Waals surface area (Å²) < 4.78 is 5.22. The molecule has 4 rings (SSSR count). The number of nitrogens with zero attached hydrogens (tertiary/aromatic N) is 2. The van der Waals surface area contributed by atoms with Crippen LogP contribution >= 0.6 is 11.6 Å². The summed E-state index contributed by atoms with van der Waals surface area (Å²) in [6, 6.07) is 16.4. The molecule has 31 heavy (non-hydrogen) atoms. The van der Waals surface area contributed by atoms with Crippen LogP contribution in [0.2, 0.25) is 5.02 Å². The Kier molecular flexibility index (Phi) is 5.73. The zero-order valence-corrected chi connectivity index (χ0v) is 17.4. The SMILES string of the molecule is COc1cccc(/C(O)=C2\C(=O)C(=O)N(Cc3ccncc3)C2c2cccc(Cl)c2)c1. The van der Waals surface area contributed by atoms with Gasteiger partial charge in [0, 0.05) is 29.5 Å². The Bertz CT molecular complexity index is 1180. The van der Waals surface area contributed by atoms with Crippen molar-refractivity contribution in [1.82, 2.24) is 9.88 Å². The topological polar surface area (TPSA) is 79.7 Å². The second kappa shape index (κ2) is 8.62. The number of rotatable bonds is 5. The number of carbonyl (C=O) groups is 2. The molecule has 156 valence electrons. The third kappa shape index (κ3) is 4.02. The van der Waals surface area contributed by atoms with E-state index in [-0.39, 0.29) is 17.9 Å². The average Bonchev–Trinajstić information content (AvgIpc) is 3.04. The number of benzene rings is 2. The van der Waals surface area contributed by atoms with Gasteiger partial charge in [-0.2, -0.15) is 0 Å². The Hall–Kier alpha value is -3.64. The third-order valence-electron chi connectivity index (χ3n) is 5.15. The molecule has 3 aromatic rings. The molecule has 1 saturated heterocycles. The lowest BCUT2D eigenvalue weighted by Gasteiger charge is -2.25. The van der Waals surface area contributed by atoms with Crippen LogP contribution < -0.4 is 4.74 Å². The van der Waals surface area contributed by atoms with E-state index in [1.807, 2.05) is 0 Å². The fraction of sp³-hybridized carbons (Fsp3) is 0.125. The molecule has 0 spiro atoms. The molecular weight excluding hydrogens is 416 g/mol. The lowest BCUT2D eigenvalue weighted by molar-refractivity contribution is -0.140. The van der Waals surface area contributed by atoms with Crippen LogP contribution in [0.5, 0.6) is 5.75 Å². The fourth-order valence-corrected chi connectivity index (χ4v) is 3.88. The number of likely N-dealkylation sites (tertiary alicyclic amines) is 1. The van der Waals surface area contributed by atoms with Crippen LogP contribution in [0.4, 0.5) is 0 Å². The Morgan fingerprint density at radius 3 is 2.55 bits per heavy atom. The zero-order chi connectivity index (χ0) is 22.0. The van der Waals surface area contributed by atoms with Crippen molar-refractivity contribution in [3.05, 3.63) is 100 Å². The van der Waals surface area contributed by atoms with Gasteiger partial charge in [-0.3, -0.25) is 14.6 Å². The highest BCUT2D eigenvalue weighted by atomic mass is 35.5. The molecule has 1 aliphatic rings. The molecule has 0 bridgehead atoms. The molecule has 1 unspecified atom stereocenters. The summed E-state index contributed by atoms with van der Waals surface area (Å²) in [5.74, 6) is -1.18. The van der Waals surface area contributed by atoms with E-state index in [0.29, 0.717) is 21.9 Å². The predicted octanol–water partition coefficient (Wildman–Crippen LogP) is 4.37. The third-order valence-corrected chi connectivity index (χ3v) is 5.38. The van der Waals surface area contributed by atoms with Gasteiger partial charge in [-0.05, 0) is 47.5 Å². The van der Waals surface area contributed by atoms with Crippen LogP contribution in [0, 0.1) is 0 Å². The zero-order valence-electron chi connectivity index (χ0n) is 16.7. The van der Waals surface area contributed by atoms with Gasteiger partial charge in [-0.1, -0.05) is 35.9 Å². The Labute approximate surface area is 184 Å². The number of aliphatic hydroxyl groups excluding tert-OH is 1. The molecule has 1 fully saturated rings. The van der Waals surface area contributed by atoms with Gasteiger partial charge in [0.05, 0.1) is 18.7 Å². The number of carbonyl (C=O) groups excluding carboxylic acids is 2. The van der Waals surface area contributed by atoms with Gasteiger partial charge >= 0.3 is 0 Å². The van der Waals surface area contributed by atoms with Gasteiger partial charge in [0.1, 0.15) is 11.5 Å². The molecule has 0 saturated carbocycles. The predicted molar refractivity (Wildman–Crippen MR) is 117 cm³/mol. The van der Waals surface area contributed by atoms with Gasteiger partial charge < -0.3 is 14.7 Å². The molecular formula is C24H19ClN2O4. The Morgan fingerprint density at radius 2 is 1.84 bits per heavy atom. The fourth-order valence-electron chi connectivity index (χ4n) is 3.68. The first-order chi connectivity index (χ1) is 15.0. The van der Waals surface area contributed by atoms with E-state index in [1.165, 1.54) is 12.0 Å². The summed E-state index contributed by atoms with van der Waals surface area (Å²) >= 11 is 6.20. The molecule has 1 N–H and O–H groups in total. The molecule has 0 aliphatic carbocycles. The Morgan fingerprint density at radius 1 is 1.10 bits per heavy atom. The number of pyridine rings is 1. The van der Waals surface area contributed by atoms with Crippen molar-refractivity contribution in [3.63, 3.8) is 0 Å². The highest BCUT2D eigenvalue weighted by Crippen LogP contribution is 2.41. The van der Waals surface area contributed by atoms with Crippen LogP contribution in [0.25, 0.3) is 5.76 Å². The normalized spacial score (nSPS) is 17.7. The van der Waals surface area contributed by atoms with E-state index in [0.717, 1.165) is 5.56 Å². The number of hydrogen-bond donors (Lipinski definition) is 1. The maximum absolute atomic E-state index is 13.1. The number of ketones is 1. The van der Waals surface area contributed by atoms with Crippen molar-refractivity contribution in [2.24, 2.45) is 0 Å². The number of hydrogen-bond acceptors (Lipinski definition) is 5. The highest BCUT2D eigenvalue weighted by molar-refractivity contribution is 6.46. The summed E-state index contributed by atoms with van der Waals surface area (Å²) in [5.41, 5.74) is 1.83. The summed E-state index contributed by atoms with van der Waals surface area (Å²) in [4.78, 5) is 31.5. The van der Waals surface area contributed by atoms with E-state index >= 15 is 0 Å². The van der Waals surface area contributed by atoms with Crippen LogP contribution in [-0.4, -0.2) is 33.8 Å². The molecule has 1 amide bonds. The summed E-state index contributed by atoms with van der Waals surface area (Å²) in [5, 5.41) is 11.6. The molecule has 1 aromatic heterocycles. The van der Waals surface area contributed by atoms with Gasteiger partial charge in [0.25, 0.3) is 11.7 Å². The van der Waals surface area contributed by atoms with E-state index < -0.39 is 17.7 Å². The number of aliphatic hydroxyl groups is 1. The Balaban J connectivity index is 1.87. The summed E-state index contributed by atoms with van der Waals surface area (Å²) in [6.45, 7) is 0.180. The van der Waals surface area contributed by atoms with Crippen molar-refractivity contribution in [1.29, 1.82) is 0 Å². The molecule has 1 aliphatic heterocycles. The molecule has 0 radical (unpaired) electrons. The van der Waals surface area contributed by atoms with E-state index in [4.69, 9.17) is 16.3 Å². The molecule has 1 atom stereocenters. The van der Waals surface area contributed by atoms with Crippen molar-refractivity contribution in [3.8, 4) is 5.75 Å². The number of Topliss-reactive ketones (excluding diaryl/α,β-unsaturated/α-hetero) is 1. The summed E-state index contributed by atoms with van der Waals surface area (Å²) in [6.07, 6.45) is 3.24. The monoisotopic (exact) mass is 434 g/mol. The minimum absolute atomic E-state index is 0.00887.